The second-order valence-electron chi connectivity index (χ2n) is 9.32. The summed E-state index contributed by atoms with van der Waals surface area (Å²) in [5, 5.41) is 9.36. The lowest BCUT2D eigenvalue weighted by molar-refractivity contribution is 0.0383. The van der Waals surface area contributed by atoms with Crippen LogP contribution in [-0.2, 0) is 11.3 Å². The number of aromatic nitrogens is 2. The molecule has 2 aromatic carbocycles. The summed E-state index contributed by atoms with van der Waals surface area (Å²) < 4.78 is 7.31. The Kier molecular flexibility index (Phi) is 7.04. The molecule has 8 nitrogen and oxygen atoms in total. The van der Waals surface area contributed by atoms with Crippen molar-refractivity contribution in [1.29, 1.82) is 0 Å². The molecular weight excluding hydrogens is 466 g/mol. The number of nitrogens with one attached hydrogen (secondary N) is 1. The van der Waals surface area contributed by atoms with E-state index in [1.807, 2.05) is 34.8 Å². The molecule has 35 heavy (non-hydrogen) atoms. The van der Waals surface area contributed by atoms with E-state index in [4.69, 9.17) is 21.4 Å². The normalized spacial score (nSPS) is 16.9. The van der Waals surface area contributed by atoms with Gasteiger partial charge in [0.05, 0.1) is 18.7 Å². The highest BCUT2D eigenvalue weighted by atomic mass is 35.5. The molecule has 0 unspecified atom stereocenters. The minimum Gasteiger partial charge on any atom is -0.379 e. The van der Waals surface area contributed by atoms with Gasteiger partial charge in [-0.05, 0) is 48.9 Å². The molecule has 0 atom stereocenters. The van der Waals surface area contributed by atoms with Crippen LogP contribution >= 0.6 is 11.6 Å². The third-order valence-corrected chi connectivity index (χ3v) is 7.10. The Morgan fingerprint density at radius 1 is 1.11 bits per heavy atom. The van der Waals surface area contributed by atoms with Crippen LogP contribution < -0.4 is 5.32 Å². The van der Waals surface area contributed by atoms with Crippen LogP contribution in [0.1, 0.15) is 26.3 Å². The largest absolute Gasteiger partial charge is 0.379 e. The Morgan fingerprint density at radius 2 is 1.86 bits per heavy atom. The second-order valence-corrected chi connectivity index (χ2v) is 9.75. The number of hydrogen-bond donors (Lipinski definition) is 1. The lowest BCUT2D eigenvalue weighted by Crippen LogP contribution is -2.51. The number of fused-ring (bicyclic) bond motifs is 1. The number of carbonyl (C=O) groups is 2. The Hall–Kier alpha value is -2.94. The molecule has 2 amide bonds. The standard InChI is InChI=1S/C26H30ClN5O3/c1-18-22(25(33)28-8-9-30-10-12-35-13-11-30)6-7-24-23(18)17-32(29-24)16-19-14-31(15-19)26(34)20-2-4-21(27)5-3-20/h2-7,17,19H,8-16H2,1H3,(H,28,33). The number of halogens is 1. The molecule has 0 saturated carbocycles. The van der Waals surface area contributed by atoms with E-state index in [2.05, 4.69) is 10.2 Å². The summed E-state index contributed by atoms with van der Waals surface area (Å²) in [6.07, 6.45) is 2.01. The molecule has 2 aliphatic rings. The van der Waals surface area contributed by atoms with Gasteiger partial charge < -0.3 is 15.0 Å². The molecule has 3 heterocycles. The molecule has 1 N–H and O–H groups in total. The molecule has 2 fully saturated rings. The highest BCUT2D eigenvalue weighted by Crippen LogP contribution is 2.24. The van der Waals surface area contributed by atoms with Crippen LogP contribution in [0.25, 0.3) is 10.9 Å². The summed E-state index contributed by atoms with van der Waals surface area (Å²) in [7, 11) is 0. The van der Waals surface area contributed by atoms with Gasteiger partial charge in [0.15, 0.2) is 0 Å². The number of aryl methyl sites for hydroxylation is 1. The van der Waals surface area contributed by atoms with Crippen LogP contribution in [0.2, 0.25) is 5.02 Å². The number of ether oxygens (including phenoxy) is 1. The minimum atomic E-state index is -0.0549. The number of carbonyl (C=O) groups excluding carboxylic acids is 2. The average Bonchev–Trinajstić information content (AvgIpc) is 3.26. The third-order valence-electron chi connectivity index (χ3n) is 6.85. The molecule has 1 aromatic heterocycles. The topological polar surface area (TPSA) is 79.7 Å². The van der Waals surface area contributed by atoms with Gasteiger partial charge in [0, 0.05) is 79.5 Å². The summed E-state index contributed by atoms with van der Waals surface area (Å²) in [4.78, 5) is 29.6. The lowest BCUT2D eigenvalue weighted by atomic mass is 9.99. The van der Waals surface area contributed by atoms with Gasteiger partial charge in [-0.15, -0.1) is 0 Å². The maximum Gasteiger partial charge on any atom is 0.253 e. The van der Waals surface area contributed by atoms with Crippen molar-refractivity contribution >= 4 is 34.3 Å². The Morgan fingerprint density at radius 3 is 2.60 bits per heavy atom. The van der Waals surface area contributed by atoms with Crippen molar-refractivity contribution in [2.45, 2.75) is 13.5 Å². The molecular formula is C26H30ClN5O3. The lowest BCUT2D eigenvalue weighted by Gasteiger charge is -2.39. The quantitative estimate of drug-likeness (QED) is 0.545. The van der Waals surface area contributed by atoms with Gasteiger partial charge in [-0.25, -0.2) is 0 Å². The number of rotatable bonds is 7. The Balaban J connectivity index is 1.16. The predicted molar refractivity (Wildman–Crippen MR) is 135 cm³/mol. The SMILES string of the molecule is Cc1c(C(=O)NCCN2CCOCC2)ccc2nn(CC3CN(C(=O)c4ccc(Cl)cc4)C3)cc12. The molecule has 9 heteroatoms. The monoisotopic (exact) mass is 495 g/mol. The van der Waals surface area contributed by atoms with Crippen molar-refractivity contribution in [3.8, 4) is 0 Å². The fraction of sp³-hybridized carbons (Fsp3) is 0.423. The molecule has 0 aliphatic carbocycles. The molecule has 5 rings (SSSR count). The van der Waals surface area contributed by atoms with E-state index in [9.17, 15) is 9.59 Å². The van der Waals surface area contributed by atoms with Crippen LogP contribution in [0, 0.1) is 12.8 Å². The van der Waals surface area contributed by atoms with Crippen LogP contribution in [0.4, 0.5) is 0 Å². The maximum absolute atomic E-state index is 12.8. The summed E-state index contributed by atoms with van der Waals surface area (Å²) in [6.45, 7) is 8.88. The molecule has 0 spiro atoms. The minimum absolute atomic E-state index is 0.0312. The van der Waals surface area contributed by atoms with Crippen molar-refractivity contribution in [1.82, 2.24) is 24.9 Å². The molecule has 2 saturated heterocycles. The zero-order valence-electron chi connectivity index (χ0n) is 19.9. The maximum atomic E-state index is 12.8. The summed E-state index contributed by atoms with van der Waals surface area (Å²) in [5.41, 5.74) is 3.15. The first-order valence-corrected chi connectivity index (χ1v) is 12.5. The number of hydrogen-bond acceptors (Lipinski definition) is 5. The number of nitrogens with zero attached hydrogens (tertiary/aromatic N) is 4. The molecule has 0 bridgehead atoms. The van der Waals surface area contributed by atoms with Gasteiger partial charge in [0.2, 0.25) is 0 Å². The smallest absolute Gasteiger partial charge is 0.253 e. The van der Waals surface area contributed by atoms with E-state index in [0.717, 1.165) is 55.9 Å². The highest BCUT2D eigenvalue weighted by Gasteiger charge is 2.31. The van der Waals surface area contributed by atoms with E-state index in [-0.39, 0.29) is 11.8 Å². The van der Waals surface area contributed by atoms with Crippen LogP contribution in [-0.4, -0.2) is 83.9 Å². The molecule has 184 valence electrons. The molecule has 0 radical (unpaired) electrons. The van der Waals surface area contributed by atoms with E-state index < -0.39 is 0 Å². The Bertz CT molecular complexity index is 1210. The number of morpholine rings is 1. The first-order valence-electron chi connectivity index (χ1n) is 12.1. The fourth-order valence-electron chi connectivity index (χ4n) is 4.76. The second kappa shape index (κ2) is 10.4. The highest BCUT2D eigenvalue weighted by molar-refractivity contribution is 6.30. The number of benzene rings is 2. The zero-order valence-corrected chi connectivity index (χ0v) is 20.6. The average molecular weight is 496 g/mol. The third kappa shape index (κ3) is 5.34. The summed E-state index contributed by atoms with van der Waals surface area (Å²) >= 11 is 5.92. The predicted octanol–water partition coefficient (Wildman–Crippen LogP) is 2.83. The number of likely N-dealkylation sites (tertiary alicyclic amines) is 1. The zero-order chi connectivity index (χ0) is 24.4. The van der Waals surface area contributed by atoms with Crippen molar-refractivity contribution in [3.63, 3.8) is 0 Å². The summed E-state index contributed by atoms with van der Waals surface area (Å²) in [5.74, 6) is 0.327. The van der Waals surface area contributed by atoms with Gasteiger partial charge in [-0.2, -0.15) is 5.10 Å². The van der Waals surface area contributed by atoms with E-state index in [1.54, 1.807) is 24.3 Å². The molecule has 3 aromatic rings. The van der Waals surface area contributed by atoms with Gasteiger partial charge in [0.25, 0.3) is 11.8 Å². The fourth-order valence-corrected chi connectivity index (χ4v) is 4.88. The van der Waals surface area contributed by atoms with Crippen molar-refractivity contribution in [2.24, 2.45) is 5.92 Å². The van der Waals surface area contributed by atoms with Gasteiger partial charge >= 0.3 is 0 Å². The van der Waals surface area contributed by atoms with Crippen molar-refractivity contribution in [2.75, 3.05) is 52.5 Å². The van der Waals surface area contributed by atoms with Crippen LogP contribution in [0.3, 0.4) is 0 Å². The van der Waals surface area contributed by atoms with Gasteiger partial charge in [-0.3, -0.25) is 19.2 Å². The Labute approximate surface area is 209 Å². The number of amides is 2. The van der Waals surface area contributed by atoms with Gasteiger partial charge in [0.1, 0.15) is 0 Å². The van der Waals surface area contributed by atoms with Crippen molar-refractivity contribution < 1.29 is 14.3 Å². The van der Waals surface area contributed by atoms with Gasteiger partial charge in [-0.1, -0.05) is 11.6 Å². The van der Waals surface area contributed by atoms with Crippen LogP contribution in [0.5, 0.6) is 0 Å². The first kappa shape index (κ1) is 23.8. The van der Waals surface area contributed by atoms with Crippen LogP contribution in [0.15, 0.2) is 42.6 Å². The van der Waals surface area contributed by atoms with Crippen molar-refractivity contribution in [3.05, 3.63) is 64.3 Å². The van der Waals surface area contributed by atoms with E-state index in [0.29, 0.717) is 41.7 Å². The van der Waals surface area contributed by atoms with E-state index in [1.165, 1.54) is 0 Å². The molecule has 2 aliphatic heterocycles. The summed E-state index contributed by atoms with van der Waals surface area (Å²) in [6, 6.07) is 10.8. The first-order chi connectivity index (χ1) is 17.0. The van der Waals surface area contributed by atoms with E-state index >= 15 is 0 Å².